The Hall–Kier alpha value is -3.53. The number of benzene rings is 1. The lowest BCUT2D eigenvalue weighted by Crippen LogP contribution is -2.52. The first kappa shape index (κ1) is 36.8. The molecule has 9 nitrogen and oxygen atoms in total. The van der Waals surface area contributed by atoms with E-state index >= 15 is 0 Å². The number of methoxy groups -OCH3 is 1. The Labute approximate surface area is 314 Å². The molecule has 5 fully saturated rings. The summed E-state index contributed by atoms with van der Waals surface area (Å²) < 4.78 is 13.4. The lowest BCUT2D eigenvalue weighted by molar-refractivity contribution is -0.124. The third kappa shape index (κ3) is 7.87. The van der Waals surface area contributed by atoms with Gasteiger partial charge in [0.15, 0.2) is 0 Å². The van der Waals surface area contributed by atoms with E-state index in [1.54, 1.807) is 7.11 Å². The second kappa shape index (κ2) is 15.1. The first-order chi connectivity index (χ1) is 25.0. The van der Waals surface area contributed by atoms with E-state index in [0.717, 1.165) is 85.6 Å². The number of nitrogens with zero attached hydrogens (tertiary/aromatic N) is 4. The fraction of sp³-hybridized carbons (Fsp3) is 0.619. The predicted octanol–water partition coefficient (Wildman–Crippen LogP) is 8.82. The number of thioether (sulfide) groups is 1. The first-order valence-corrected chi connectivity index (χ1v) is 20.6. The number of carbonyl (C=O) groups is 2. The number of amides is 2. The van der Waals surface area contributed by atoms with Crippen molar-refractivity contribution in [2.45, 2.75) is 128 Å². The summed E-state index contributed by atoms with van der Waals surface area (Å²) in [6, 6.07) is 11.0. The second-order valence-electron chi connectivity index (χ2n) is 17.0. The quantitative estimate of drug-likeness (QED) is 0.235. The van der Waals surface area contributed by atoms with Crippen molar-refractivity contribution in [3.05, 3.63) is 60.0 Å². The van der Waals surface area contributed by atoms with Crippen molar-refractivity contribution in [2.75, 3.05) is 30.1 Å². The maximum absolute atomic E-state index is 14.7. The molecule has 10 heteroatoms. The van der Waals surface area contributed by atoms with E-state index in [2.05, 4.69) is 68.6 Å². The molecule has 1 aliphatic heterocycles. The van der Waals surface area contributed by atoms with Crippen molar-refractivity contribution in [3.63, 3.8) is 0 Å². The van der Waals surface area contributed by atoms with Crippen LogP contribution in [0.3, 0.4) is 0 Å². The van der Waals surface area contributed by atoms with Crippen LogP contribution in [0.15, 0.2) is 48.9 Å². The topological polar surface area (TPSA) is 98.6 Å². The van der Waals surface area contributed by atoms with Gasteiger partial charge in [0, 0.05) is 36.5 Å². The van der Waals surface area contributed by atoms with E-state index in [4.69, 9.17) is 14.5 Å². The van der Waals surface area contributed by atoms with Gasteiger partial charge in [0.1, 0.15) is 17.7 Å². The van der Waals surface area contributed by atoms with Crippen LogP contribution >= 0.6 is 11.8 Å². The molecule has 0 unspecified atom stereocenters. The Morgan fingerprint density at radius 1 is 0.962 bits per heavy atom. The van der Waals surface area contributed by atoms with E-state index in [-0.39, 0.29) is 46.4 Å². The SMILES string of the molecule is COc1ccc(C23CCC(CN(C(=O)C4CCC(OC(=O)NC5CCSCC5)CC4)c4cc(-c5cnn(C(C)(C)C)c5)ccn4)(CC2)CC3)cc1C. The zero-order valence-corrected chi connectivity index (χ0v) is 32.6. The van der Waals surface area contributed by atoms with Crippen molar-refractivity contribution in [1.29, 1.82) is 0 Å². The monoisotopic (exact) mass is 727 g/mol. The van der Waals surface area contributed by atoms with Crippen LogP contribution in [-0.2, 0) is 20.5 Å². The number of anilines is 1. The summed E-state index contributed by atoms with van der Waals surface area (Å²) in [5.74, 6) is 3.85. The van der Waals surface area contributed by atoms with Gasteiger partial charge in [0.2, 0.25) is 5.91 Å². The average Bonchev–Trinajstić information content (AvgIpc) is 3.67. The fourth-order valence-electron chi connectivity index (χ4n) is 9.18. The van der Waals surface area contributed by atoms with Gasteiger partial charge >= 0.3 is 6.09 Å². The fourth-order valence-corrected chi connectivity index (χ4v) is 10.3. The van der Waals surface area contributed by atoms with Gasteiger partial charge in [-0.15, -0.1) is 0 Å². The molecule has 3 aromatic rings. The van der Waals surface area contributed by atoms with Crippen LogP contribution in [-0.4, -0.2) is 64.1 Å². The number of nitrogens with one attached hydrogen (secondary N) is 1. The molecule has 4 aliphatic carbocycles. The molecule has 2 amide bonds. The van der Waals surface area contributed by atoms with Crippen LogP contribution in [0.2, 0.25) is 0 Å². The van der Waals surface area contributed by atoms with E-state index in [1.807, 2.05) is 39.8 Å². The molecule has 5 aliphatic rings. The van der Waals surface area contributed by atoms with Crippen molar-refractivity contribution in [1.82, 2.24) is 20.1 Å². The van der Waals surface area contributed by atoms with Gasteiger partial charge in [-0.05, 0) is 162 Å². The van der Waals surface area contributed by atoms with Crippen LogP contribution in [0, 0.1) is 18.3 Å². The van der Waals surface area contributed by atoms with E-state index < -0.39 is 0 Å². The largest absolute Gasteiger partial charge is 0.496 e. The first-order valence-electron chi connectivity index (χ1n) is 19.5. The summed E-state index contributed by atoms with van der Waals surface area (Å²) in [6.45, 7) is 9.24. The molecule has 52 heavy (non-hydrogen) atoms. The van der Waals surface area contributed by atoms with Gasteiger partial charge in [-0.25, -0.2) is 9.78 Å². The predicted molar refractivity (Wildman–Crippen MR) is 208 cm³/mol. The minimum absolute atomic E-state index is 0.0593. The van der Waals surface area contributed by atoms with Gasteiger partial charge in [-0.1, -0.05) is 12.1 Å². The number of aromatic nitrogens is 3. The molecule has 1 aromatic carbocycles. The van der Waals surface area contributed by atoms with Crippen LogP contribution in [0.1, 0.15) is 109 Å². The molecule has 0 spiro atoms. The minimum atomic E-state index is -0.307. The number of aryl methyl sites for hydroxylation is 1. The van der Waals surface area contributed by atoms with Crippen molar-refractivity contribution >= 4 is 29.6 Å². The molecule has 2 aromatic heterocycles. The summed E-state index contributed by atoms with van der Waals surface area (Å²) in [4.78, 5) is 34.3. The van der Waals surface area contributed by atoms with Crippen LogP contribution in [0.4, 0.5) is 10.6 Å². The smallest absolute Gasteiger partial charge is 0.407 e. The number of fused-ring (bicyclic) bond motifs is 3. The molecule has 4 saturated carbocycles. The molecular formula is C42H57N5O4S. The van der Waals surface area contributed by atoms with E-state index in [1.165, 1.54) is 11.1 Å². The summed E-state index contributed by atoms with van der Waals surface area (Å²) in [5.41, 5.74) is 4.77. The molecule has 8 rings (SSSR count). The third-order valence-corrected chi connectivity index (χ3v) is 13.7. The standard InChI is InChI=1S/C42H57N5O4S/c1-29-24-33(8-11-36(29)50-5)42-18-15-41(16-19-42,17-20-42)28-46(37-25-31(12-21-43-37)32-26-44-47(27-32)40(2,3)4)38(48)30-6-9-35(10-7-30)51-39(49)45-34-13-22-52-23-14-34/h8,11-12,21,24-27,30,34-35H,6-7,9-10,13-20,22-23,28H2,1-5H3,(H,45,49). The van der Waals surface area contributed by atoms with E-state index in [0.29, 0.717) is 32.2 Å². The number of carbonyl (C=O) groups excluding carboxylic acids is 2. The average molecular weight is 728 g/mol. The molecule has 1 N–H and O–H groups in total. The van der Waals surface area contributed by atoms with Crippen molar-refractivity contribution in [3.8, 4) is 16.9 Å². The highest BCUT2D eigenvalue weighted by Gasteiger charge is 2.51. The molecule has 0 atom stereocenters. The maximum Gasteiger partial charge on any atom is 0.407 e. The number of pyridine rings is 1. The van der Waals surface area contributed by atoms with Crippen LogP contribution < -0.4 is 15.0 Å². The Balaban J connectivity index is 1.08. The van der Waals surface area contributed by atoms with Crippen LogP contribution in [0.25, 0.3) is 11.1 Å². The lowest BCUT2D eigenvalue weighted by atomic mass is 9.51. The molecule has 1 saturated heterocycles. The zero-order chi connectivity index (χ0) is 36.5. The molecule has 0 radical (unpaired) electrons. The number of ether oxygens (including phenoxy) is 2. The Kier molecular flexibility index (Phi) is 10.7. The summed E-state index contributed by atoms with van der Waals surface area (Å²) in [5, 5.41) is 7.72. The Morgan fingerprint density at radius 3 is 2.31 bits per heavy atom. The van der Waals surface area contributed by atoms with Gasteiger partial charge in [-0.2, -0.15) is 16.9 Å². The van der Waals surface area contributed by atoms with Gasteiger partial charge in [-0.3, -0.25) is 14.4 Å². The maximum atomic E-state index is 14.7. The lowest BCUT2D eigenvalue weighted by Gasteiger charge is -2.55. The minimum Gasteiger partial charge on any atom is -0.496 e. The third-order valence-electron chi connectivity index (χ3n) is 12.6. The second-order valence-corrected chi connectivity index (χ2v) is 18.3. The summed E-state index contributed by atoms with van der Waals surface area (Å²) in [7, 11) is 1.74. The summed E-state index contributed by atoms with van der Waals surface area (Å²) >= 11 is 1.94. The van der Waals surface area contributed by atoms with Crippen molar-refractivity contribution in [2.24, 2.45) is 11.3 Å². The summed E-state index contributed by atoms with van der Waals surface area (Å²) in [6.07, 6.45) is 16.8. The highest BCUT2D eigenvalue weighted by molar-refractivity contribution is 7.99. The van der Waals surface area contributed by atoms with E-state index in [9.17, 15) is 9.59 Å². The normalized spacial score (nSPS) is 26.5. The molecule has 3 heterocycles. The Morgan fingerprint density at radius 2 is 1.67 bits per heavy atom. The molecular weight excluding hydrogens is 671 g/mol. The highest BCUT2D eigenvalue weighted by Crippen LogP contribution is 2.58. The van der Waals surface area contributed by atoms with Crippen LogP contribution in [0.5, 0.6) is 5.75 Å². The number of alkyl carbamates (subject to hydrolysis) is 1. The molecule has 280 valence electrons. The van der Waals surface area contributed by atoms with Gasteiger partial charge < -0.3 is 14.8 Å². The molecule has 2 bridgehead atoms. The highest BCUT2D eigenvalue weighted by atomic mass is 32.2. The van der Waals surface area contributed by atoms with Gasteiger partial charge in [0.25, 0.3) is 0 Å². The Bertz CT molecular complexity index is 1710. The number of hydrogen-bond acceptors (Lipinski definition) is 7. The number of rotatable bonds is 9. The zero-order valence-electron chi connectivity index (χ0n) is 31.8. The number of hydrogen-bond donors (Lipinski definition) is 1. The van der Waals surface area contributed by atoms with Crippen molar-refractivity contribution < 1.29 is 19.1 Å². The van der Waals surface area contributed by atoms with Gasteiger partial charge in [0.05, 0.1) is 18.8 Å².